The summed E-state index contributed by atoms with van der Waals surface area (Å²) in [5.74, 6) is 0. The van der Waals surface area contributed by atoms with Crippen molar-refractivity contribution in [2.75, 3.05) is 39.6 Å². The van der Waals surface area contributed by atoms with Crippen LogP contribution in [0.25, 0.3) is 0 Å². The number of carbonyl (C=O) groups is 1. The molecule has 1 rings (SSSR count). The molecular formula is C9H17N3O3S2. The van der Waals surface area contributed by atoms with Gasteiger partial charge in [-0.1, -0.05) is 6.58 Å². The summed E-state index contributed by atoms with van der Waals surface area (Å²) in [7, 11) is 1.66. The third kappa shape index (κ3) is 5.53. The first-order valence-electron chi connectivity index (χ1n) is 5.07. The average molecular weight is 279 g/mol. The summed E-state index contributed by atoms with van der Waals surface area (Å²) in [6.07, 6.45) is 1.38. The van der Waals surface area contributed by atoms with Crippen molar-refractivity contribution in [3.8, 4) is 0 Å². The number of amides is 1. The van der Waals surface area contributed by atoms with E-state index in [1.807, 2.05) is 10.6 Å². The van der Waals surface area contributed by atoms with Crippen molar-refractivity contribution in [1.29, 1.82) is 0 Å². The molecule has 0 atom stereocenters. The number of nitrogens with one attached hydrogen (secondary N) is 1. The Hall–Kier alpha value is -0.570. The maximum atomic E-state index is 11.5. The smallest absolute Gasteiger partial charge is 0.379 e. The molecule has 1 aliphatic heterocycles. The summed E-state index contributed by atoms with van der Waals surface area (Å²) < 4.78 is 8.69. The minimum absolute atomic E-state index is 0.461. The van der Waals surface area contributed by atoms with Crippen LogP contribution in [-0.4, -0.2) is 54.3 Å². The van der Waals surface area contributed by atoms with Gasteiger partial charge in [0.15, 0.2) is 0 Å². The lowest BCUT2D eigenvalue weighted by molar-refractivity contribution is 0.0735. The molecule has 1 saturated heterocycles. The second kappa shape index (κ2) is 7.70. The molecule has 1 aliphatic rings. The fourth-order valence-corrected chi connectivity index (χ4v) is 1.93. The Morgan fingerprint density at radius 1 is 1.53 bits per heavy atom. The molecule has 1 fully saturated rings. The van der Waals surface area contributed by atoms with Crippen LogP contribution in [0.4, 0.5) is 4.79 Å². The fraction of sp³-hybridized carbons (Fsp3) is 0.667. The first kappa shape index (κ1) is 14.5. The molecule has 1 amide bonds. The van der Waals surface area contributed by atoms with E-state index in [-0.39, 0.29) is 0 Å². The Labute approximate surface area is 110 Å². The molecule has 0 radical (unpaired) electrons. The van der Waals surface area contributed by atoms with Crippen LogP contribution in [0.15, 0.2) is 11.6 Å². The highest BCUT2D eigenvalue weighted by atomic mass is 32.2. The minimum Gasteiger partial charge on any atom is -0.379 e. The van der Waals surface area contributed by atoms with Gasteiger partial charge in [-0.2, -0.15) is 0 Å². The van der Waals surface area contributed by atoms with Gasteiger partial charge in [0, 0.05) is 32.3 Å². The van der Waals surface area contributed by atoms with Gasteiger partial charge in [0.1, 0.15) is 0 Å². The van der Waals surface area contributed by atoms with Crippen LogP contribution in [0.1, 0.15) is 0 Å². The highest BCUT2D eigenvalue weighted by Crippen LogP contribution is 2.16. The number of morpholine rings is 1. The molecule has 17 heavy (non-hydrogen) atoms. The number of hydrogen-bond donors (Lipinski definition) is 1. The van der Waals surface area contributed by atoms with Crippen molar-refractivity contribution < 1.29 is 14.4 Å². The van der Waals surface area contributed by atoms with Crippen molar-refractivity contribution in [1.82, 2.24) is 14.1 Å². The summed E-state index contributed by atoms with van der Waals surface area (Å²) in [5, 5.41) is 0.586. The number of nitrogens with zero attached hydrogens (tertiary/aromatic N) is 2. The third-order valence-electron chi connectivity index (χ3n) is 1.96. The molecular weight excluding hydrogens is 262 g/mol. The van der Waals surface area contributed by atoms with Gasteiger partial charge in [-0.05, 0) is 6.26 Å². The normalized spacial score (nSPS) is 16.4. The van der Waals surface area contributed by atoms with Gasteiger partial charge in [-0.25, -0.2) is 18.9 Å². The molecule has 0 aromatic carbocycles. The van der Waals surface area contributed by atoms with Crippen LogP contribution in [0.3, 0.4) is 0 Å². The van der Waals surface area contributed by atoms with Gasteiger partial charge in [-0.3, -0.25) is 0 Å². The van der Waals surface area contributed by atoms with E-state index in [2.05, 4.69) is 12.1 Å². The Morgan fingerprint density at radius 3 is 2.76 bits per heavy atom. The number of thioether (sulfide) groups is 1. The average Bonchev–Trinajstić information content (AvgIpc) is 2.36. The maximum absolute atomic E-state index is 11.5. The summed E-state index contributed by atoms with van der Waals surface area (Å²) in [4.78, 5) is 16.4. The van der Waals surface area contributed by atoms with Crippen molar-refractivity contribution in [2.45, 2.75) is 0 Å². The van der Waals surface area contributed by atoms with Gasteiger partial charge in [0.2, 0.25) is 0 Å². The van der Waals surface area contributed by atoms with E-state index >= 15 is 0 Å². The number of carbonyl (C=O) groups excluding carboxylic acids is 1. The van der Waals surface area contributed by atoms with Crippen LogP contribution in [-0.2, 0) is 9.57 Å². The first-order chi connectivity index (χ1) is 8.13. The van der Waals surface area contributed by atoms with E-state index < -0.39 is 6.09 Å². The van der Waals surface area contributed by atoms with Gasteiger partial charge in [-0.15, -0.1) is 11.8 Å². The lowest BCUT2D eigenvalue weighted by Crippen LogP contribution is -2.36. The highest BCUT2D eigenvalue weighted by Gasteiger charge is 2.18. The van der Waals surface area contributed by atoms with Crippen LogP contribution in [0.5, 0.6) is 0 Å². The van der Waals surface area contributed by atoms with Gasteiger partial charge in [0.05, 0.1) is 18.2 Å². The number of ether oxygens (including phenoxy) is 1. The third-order valence-corrected chi connectivity index (χ3v) is 3.53. The lowest BCUT2D eigenvalue weighted by atomic mass is 10.5. The molecule has 8 heteroatoms. The van der Waals surface area contributed by atoms with Crippen molar-refractivity contribution in [3.05, 3.63) is 11.6 Å². The summed E-state index contributed by atoms with van der Waals surface area (Å²) in [5.41, 5.74) is 2.47. The topological polar surface area (TPSA) is 54.0 Å². The van der Waals surface area contributed by atoms with Gasteiger partial charge in [0.25, 0.3) is 0 Å². The second-order valence-corrected chi connectivity index (χ2v) is 5.35. The SMILES string of the molecule is C=C(NOC(=O)N(C)SN1CCOCC1)SC. The molecule has 0 bridgehead atoms. The predicted molar refractivity (Wildman–Crippen MR) is 70.0 cm³/mol. The molecule has 0 spiro atoms. The van der Waals surface area contributed by atoms with Crippen molar-refractivity contribution in [2.24, 2.45) is 0 Å². The highest BCUT2D eigenvalue weighted by molar-refractivity contribution is 8.02. The molecule has 0 unspecified atom stereocenters. The Kier molecular flexibility index (Phi) is 6.56. The van der Waals surface area contributed by atoms with E-state index in [0.29, 0.717) is 18.2 Å². The van der Waals surface area contributed by atoms with E-state index in [0.717, 1.165) is 13.1 Å². The molecule has 0 saturated carbocycles. The molecule has 0 aromatic heterocycles. The van der Waals surface area contributed by atoms with Crippen LogP contribution in [0.2, 0.25) is 0 Å². The Balaban J connectivity index is 2.23. The zero-order chi connectivity index (χ0) is 12.7. The quantitative estimate of drug-likeness (QED) is 0.601. The van der Waals surface area contributed by atoms with Gasteiger partial charge >= 0.3 is 6.09 Å². The summed E-state index contributed by atoms with van der Waals surface area (Å²) in [6, 6.07) is 0. The van der Waals surface area contributed by atoms with Crippen molar-refractivity contribution in [3.63, 3.8) is 0 Å². The van der Waals surface area contributed by atoms with Gasteiger partial charge < -0.3 is 9.57 Å². The lowest BCUT2D eigenvalue weighted by Gasteiger charge is -2.28. The van der Waals surface area contributed by atoms with Crippen LogP contribution >= 0.6 is 23.9 Å². The predicted octanol–water partition coefficient (Wildman–Crippen LogP) is 1.29. The van der Waals surface area contributed by atoms with E-state index in [9.17, 15) is 4.79 Å². The number of hydroxylamine groups is 1. The Bertz CT molecular complexity index is 272. The van der Waals surface area contributed by atoms with Crippen molar-refractivity contribution >= 4 is 30.0 Å². The standard InChI is InChI=1S/C9H17N3O3S2/c1-8(16-3)10-15-9(13)11(2)17-12-4-6-14-7-5-12/h10H,1,4-7H2,2-3H3. The fourth-order valence-electron chi connectivity index (χ4n) is 1.04. The molecule has 0 aliphatic carbocycles. The van der Waals surface area contributed by atoms with Crippen LogP contribution < -0.4 is 5.48 Å². The molecule has 6 nitrogen and oxygen atoms in total. The van der Waals surface area contributed by atoms with E-state index in [4.69, 9.17) is 9.57 Å². The summed E-state index contributed by atoms with van der Waals surface area (Å²) >= 11 is 2.70. The first-order valence-corrected chi connectivity index (χ1v) is 7.03. The summed E-state index contributed by atoms with van der Waals surface area (Å²) in [6.45, 7) is 6.62. The Morgan fingerprint density at radius 2 is 2.18 bits per heavy atom. The number of hydrogen-bond acceptors (Lipinski definition) is 7. The zero-order valence-corrected chi connectivity index (χ0v) is 11.6. The zero-order valence-electron chi connectivity index (χ0n) is 9.97. The molecule has 1 heterocycles. The second-order valence-electron chi connectivity index (χ2n) is 3.22. The molecule has 1 N–H and O–H groups in total. The molecule has 0 aromatic rings. The van der Waals surface area contributed by atoms with E-state index in [1.54, 1.807) is 7.05 Å². The monoisotopic (exact) mass is 279 g/mol. The maximum Gasteiger partial charge on any atom is 0.444 e. The number of rotatable bonds is 5. The molecule has 98 valence electrons. The largest absolute Gasteiger partial charge is 0.444 e. The van der Waals surface area contributed by atoms with Crippen LogP contribution in [0, 0.1) is 0 Å². The van der Waals surface area contributed by atoms with E-state index in [1.165, 1.54) is 28.2 Å². The minimum atomic E-state index is -0.461.